The molecule has 1 N–H and O–H groups in total. The van der Waals surface area contributed by atoms with Crippen molar-refractivity contribution in [1.29, 1.82) is 0 Å². The number of hydrogen-bond donors (Lipinski definition) is 1. The fourth-order valence-electron chi connectivity index (χ4n) is 4.46. The second-order valence-corrected chi connectivity index (χ2v) is 7.41. The highest BCUT2D eigenvalue weighted by Crippen LogP contribution is 2.37. The third-order valence-electron chi connectivity index (χ3n) is 5.70. The Morgan fingerprint density at radius 1 is 1.14 bits per heavy atom. The molecule has 1 amide bonds. The van der Waals surface area contributed by atoms with Crippen LogP contribution in [0.2, 0.25) is 0 Å². The van der Waals surface area contributed by atoms with Crippen LogP contribution in [0.15, 0.2) is 35.1 Å². The Labute approximate surface area is 159 Å². The fourth-order valence-corrected chi connectivity index (χ4v) is 4.46. The van der Waals surface area contributed by atoms with E-state index in [1.165, 1.54) is 6.07 Å². The van der Waals surface area contributed by atoms with Crippen LogP contribution >= 0.6 is 0 Å². The number of carbonyl (C=O) groups excluding carboxylic acids is 1. The maximum absolute atomic E-state index is 13.0. The molecule has 1 aromatic heterocycles. The lowest BCUT2D eigenvalue weighted by atomic mass is 9.83. The fraction of sp³-hybridized carbons (Fsp3) is 0.368. The Morgan fingerprint density at radius 2 is 1.96 bits per heavy atom. The van der Waals surface area contributed by atoms with Crippen LogP contribution in [0.4, 0.5) is 5.69 Å². The molecule has 0 spiro atoms. The Bertz CT molecular complexity index is 1020. The lowest BCUT2D eigenvalue weighted by Gasteiger charge is -2.43. The van der Waals surface area contributed by atoms with Crippen LogP contribution in [0, 0.1) is 11.1 Å². The van der Waals surface area contributed by atoms with E-state index in [1.807, 2.05) is 4.90 Å². The molecule has 0 aliphatic carbocycles. The van der Waals surface area contributed by atoms with Gasteiger partial charge in [0.05, 0.1) is 0 Å². The SMILES string of the molecule is O=C(c1ccc2c(c1)OCO2)N1CC2CC(C1)c1ccc(N([O-])O)c(=O)n1C2. The van der Waals surface area contributed by atoms with Gasteiger partial charge in [-0.25, -0.2) is 0 Å². The van der Waals surface area contributed by atoms with Crippen LogP contribution in [0.3, 0.4) is 0 Å². The van der Waals surface area contributed by atoms with Gasteiger partial charge in [-0.3, -0.25) is 14.8 Å². The average molecular weight is 384 g/mol. The predicted molar refractivity (Wildman–Crippen MR) is 97.7 cm³/mol. The molecule has 9 nitrogen and oxygen atoms in total. The molecule has 1 aromatic carbocycles. The Balaban J connectivity index is 1.43. The van der Waals surface area contributed by atoms with E-state index in [1.54, 1.807) is 28.8 Å². The summed E-state index contributed by atoms with van der Waals surface area (Å²) in [5.41, 5.74) is 0.534. The number of hydrogen-bond acceptors (Lipinski definition) is 7. The summed E-state index contributed by atoms with van der Waals surface area (Å²) in [7, 11) is 0. The molecule has 0 saturated carbocycles. The van der Waals surface area contributed by atoms with Gasteiger partial charge >= 0.3 is 0 Å². The second kappa shape index (κ2) is 6.25. The van der Waals surface area contributed by atoms with Gasteiger partial charge in [-0.1, -0.05) is 0 Å². The van der Waals surface area contributed by atoms with Crippen molar-refractivity contribution in [3.63, 3.8) is 0 Å². The van der Waals surface area contributed by atoms with Gasteiger partial charge in [0, 0.05) is 36.8 Å². The number of nitrogens with zero attached hydrogens (tertiary/aromatic N) is 3. The molecule has 2 bridgehead atoms. The summed E-state index contributed by atoms with van der Waals surface area (Å²) in [6.07, 6.45) is 0.879. The van der Waals surface area contributed by atoms with Gasteiger partial charge in [-0.2, -0.15) is 0 Å². The lowest BCUT2D eigenvalue weighted by Crippen LogP contribution is -2.49. The maximum Gasteiger partial charge on any atom is 0.275 e. The molecule has 146 valence electrons. The molecule has 4 heterocycles. The molecule has 1 fully saturated rings. The third-order valence-corrected chi connectivity index (χ3v) is 5.70. The monoisotopic (exact) mass is 384 g/mol. The van der Waals surface area contributed by atoms with Crippen LogP contribution in [-0.4, -0.2) is 40.5 Å². The zero-order valence-corrected chi connectivity index (χ0v) is 14.9. The Kier molecular flexibility index (Phi) is 3.81. The van der Waals surface area contributed by atoms with Crippen molar-refractivity contribution >= 4 is 11.6 Å². The summed E-state index contributed by atoms with van der Waals surface area (Å²) in [4.78, 5) is 27.3. The summed E-state index contributed by atoms with van der Waals surface area (Å²) in [6.45, 7) is 1.59. The van der Waals surface area contributed by atoms with Gasteiger partial charge in [-0.05, 0) is 42.7 Å². The number of ether oxygens (including phenoxy) is 2. The van der Waals surface area contributed by atoms with E-state index in [0.29, 0.717) is 36.7 Å². The molecule has 5 rings (SSSR count). The molecule has 2 aromatic rings. The van der Waals surface area contributed by atoms with Crippen molar-refractivity contribution in [2.45, 2.75) is 18.9 Å². The Hall–Kier alpha value is -3.04. The van der Waals surface area contributed by atoms with Gasteiger partial charge in [-0.15, -0.1) is 0 Å². The minimum absolute atomic E-state index is 0.00556. The third kappa shape index (κ3) is 2.62. The van der Waals surface area contributed by atoms with E-state index in [9.17, 15) is 14.8 Å². The molecule has 28 heavy (non-hydrogen) atoms. The largest absolute Gasteiger partial charge is 0.733 e. The quantitative estimate of drug-likeness (QED) is 0.783. The zero-order chi connectivity index (χ0) is 19.4. The molecule has 3 aliphatic rings. The first-order valence-corrected chi connectivity index (χ1v) is 9.10. The highest BCUT2D eigenvalue weighted by atomic mass is 16.8. The summed E-state index contributed by atoms with van der Waals surface area (Å²) >= 11 is 0. The highest BCUT2D eigenvalue weighted by molar-refractivity contribution is 5.95. The van der Waals surface area contributed by atoms with E-state index >= 15 is 0 Å². The predicted octanol–water partition coefficient (Wildman–Crippen LogP) is 1.53. The number of likely N-dealkylation sites (tertiary alicyclic amines) is 1. The first-order valence-electron chi connectivity index (χ1n) is 9.10. The molecule has 0 radical (unpaired) electrons. The van der Waals surface area contributed by atoms with Crippen molar-refractivity contribution < 1.29 is 19.5 Å². The van der Waals surface area contributed by atoms with Crippen LogP contribution in [0.1, 0.15) is 28.4 Å². The average Bonchev–Trinajstić information content (AvgIpc) is 3.15. The first kappa shape index (κ1) is 17.1. The van der Waals surface area contributed by atoms with Crippen LogP contribution < -0.4 is 20.3 Å². The molecular formula is C19H18N3O6-. The summed E-state index contributed by atoms with van der Waals surface area (Å²) in [6, 6.07) is 8.19. The van der Waals surface area contributed by atoms with Gasteiger partial charge in [0.2, 0.25) is 6.79 Å². The van der Waals surface area contributed by atoms with E-state index in [0.717, 1.165) is 12.1 Å². The topological polar surface area (TPSA) is 107 Å². The van der Waals surface area contributed by atoms with Crippen molar-refractivity contribution in [3.8, 4) is 11.5 Å². The van der Waals surface area contributed by atoms with Gasteiger partial charge in [0.25, 0.3) is 11.5 Å². The van der Waals surface area contributed by atoms with Gasteiger partial charge in [0.1, 0.15) is 5.69 Å². The molecular weight excluding hydrogens is 366 g/mol. The number of anilines is 1. The van der Waals surface area contributed by atoms with Crippen molar-refractivity contribution in [2.75, 3.05) is 25.1 Å². The second-order valence-electron chi connectivity index (χ2n) is 7.41. The highest BCUT2D eigenvalue weighted by Gasteiger charge is 2.37. The molecule has 2 unspecified atom stereocenters. The minimum Gasteiger partial charge on any atom is -0.733 e. The first-order chi connectivity index (χ1) is 13.5. The number of amides is 1. The molecule has 3 aliphatic heterocycles. The number of benzene rings is 1. The number of fused-ring (bicyclic) bond motifs is 5. The van der Waals surface area contributed by atoms with Gasteiger partial charge < -0.3 is 29.4 Å². The minimum atomic E-state index is -0.500. The zero-order valence-electron chi connectivity index (χ0n) is 14.9. The summed E-state index contributed by atoms with van der Waals surface area (Å²) in [5.74, 6) is 1.23. The number of rotatable bonds is 2. The molecule has 1 saturated heterocycles. The maximum atomic E-state index is 13.0. The van der Waals surface area contributed by atoms with Crippen LogP contribution in [0.25, 0.3) is 0 Å². The number of carbonyl (C=O) groups is 1. The van der Waals surface area contributed by atoms with Crippen LogP contribution in [-0.2, 0) is 6.54 Å². The smallest absolute Gasteiger partial charge is 0.275 e. The van der Waals surface area contributed by atoms with Crippen molar-refractivity contribution in [2.24, 2.45) is 5.92 Å². The number of pyridine rings is 1. The number of aromatic nitrogens is 1. The molecule has 9 heteroatoms. The summed E-state index contributed by atoms with van der Waals surface area (Å²) < 4.78 is 12.2. The Morgan fingerprint density at radius 3 is 2.79 bits per heavy atom. The summed E-state index contributed by atoms with van der Waals surface area (Å²) in [5, 5.41) is 19.9. The molecule has 2 atom stereocenters. The van der Waals surface area contributed by atoms with E-state index in [-0.39, 0.29) is 30.2 Å². The lowest BCUT2D eigenvalue weighted by molar-refractivity contribution is 0.0594. The normalized spacial score (nSPS) is 22.0. The van der Waals surface area contributed by atoms with E-state index in [2.05, 4.69) is 0 Å². The van der Waals surface area contributed by atoms with Gasteiger partial charge in [0.15, 0.2) is 11.5 Å². The van der Waals surface area contributed by atoms with Crippen molar-refractivity contribution in [1.82, 2.24) is 9.47 Å². The van der Waals surface area contributed by atoms with Crippen molar-refractivity contribution in [3.05, 3.63) is 57.2 Å². The van der Waals surface area contributed by atoms with Crippen LogP contribution in [0.5, 0.6) is 11.5 Å². The number of piperidine rings is 1. The van der Waals surface area contributed by atoms with E-state index in [4.69, 9.17) is 14.7 Å². The standard InChI is InChI=1S/C19H18N3O6/c23-18(12-1-4-16-17(6-12)28-10-27-16)20-7-11-5-13(9-20)14-2-3-15(22(25)26)19(24)21(14)8-11/h1-4,6,11,13,25H,5,7-10H2/q-1. The van der Waals surface area contributed by atoms with E-state index < -0.39 is 10.8 Å².